The summed E-state index contributed by atoms with van der Waals surface area (Å²) in [6.07, 6.45) is 3.64. The van der Waals surface area contributed by atoms with E-state index < -0.39 is 0 Å². The molecule has 1 aliphatic heterocycles. The maximum absolute atomic E-state index is 12.2. The number of ether oxygens (including phenoxy) is 1. The van der Waals surface area contributed by atoms with Crippen LogP contribution in [-0.4, -0.2) is 41.8 Å². The zero-order valence-corrected chi connectivity index (χ0v) is 12.7. The number of rotatable bonds is 4. The normalized spacial score (nSPS) is 14.9. The van der Waals surface area contributed by atoms with Gasteiger partial charge in [-0.15, -0.1) is 0 Å². The van der Waals surface area contributed by atoms with E-state index in [0.29, 0.717) is 25.5 Å². The van der Waals surface area contributed by atoms with Crippen LogP contribution in [0.3, 0.4) is 0 Å². The number of amides is 1. The highest BCUT2D eigenvalue weighted by Gasteiger charge is 2.16. The summed E-state index contributed by atoms with van der Waals surface area (Å²) in [4.78, 5) is 18.9. The Labute approximate surface area is 129 Å². The average molecular weight is 300 g/mol. The maximum atomic E-state index is 12.2. The number of hydrogen-bond donors (Lipinski definition) is 1. The van der Waals surface area contributed by atoms with Gasteiger partial charge in [-0.1, -0.05) is 6.07 Å². The second kappa shape index (κ2) is 6.62. The number of aryl methyl sites for hydroxylation is 1. The third kappa shape index (κ3) is 3.12. The highest BCUT2D eigenvalue weighted by molar-refractivity contribution is 5.92. The number of morpholine rings is 1. The lowest BCUT2D eigenvalue weighted by Gasteiger charge is -2.29. The van der Waals surface area contributed by atoms with Crippen LogP contribution in [0.5, 0.6) is 0 Å². The number of hydrogen-bond acceptors (Lipinski definition) is 4. The molecule has 0 spiro atoms. The van der Waals surface area contributed by atoms with Crippen LogP contribution in [0.1, 0.15) is 16.1 Å². The molecular weight excluding hydrogens is 280 g/mol. The lowest BCUT2D eigenvalue weighted by molar-refractivity contribution is 0.0942. The van der Waals surface area contributed by atoms with Gasteiger partial charge in [0.2, 0.25) is 0 Å². The molecule has 6 nitrogen and oxygen atoms in total. The summed E-state index contributed by atoms with van der Waals surface area (Å²) in [5, 5.41) is 2.96. The van der Waals surface area contributed by atoms with E-state index in [-0.39, 0.29) is 5.91 Å². The summed E-state index contributed by atoms with van der Waals surface area (Å²) < 4.78 is 7.19. The molecule has 3 heterocycles. The molecule has 0 aliphatic carbocycles. The van der Waals surface area contributed by atoms with Crippen LogP contribution in [0, 0.1) is 0 Å². The molecule has 1 fully saturated rings. The van der Waals surface area contributed by atoms with Gasteiger partial charge >= 0.3 is 0 Å². The molecule has 1 aliphatic rings. The molecule has 6 heteroatoms. The van der Waals surface area contributed by atoms with Gasteiger partial charge in [-0.3, -0.25) is 4.79 Å². The van der Waals surface area contributed by atoms with Gasteiger partial charge in [0, 0.05) is 44.6 Å². The Kier molecular flexibility index (Phi) is 4.39. The first-order valence-electron chi connectivity index (χ1n) is 7.42. The van der Waals surface area contributed by atoms with Gasteiger partial charge in [-0.25, -0.2) is 4.98 Å². The standard InChI is InChI=1S/C16H20N4O2/c1-19-7-3-5-14(19)16(21)18-12-13-4-2-6-17-15(13)20-8-10-22-11-9-20/h2-7H,8-12H2,1H3,(H,18,21). The van der Waals surface area contributed by atoms with Crippen LogP contribution in [0.4, 0.5) is 5.82 Å². The van der Waals surface area contributed by atoms with Crippen LogP contribution >= 0.6 is 0 Å². The molecule has 0 bridgehead atoms. The van der Waals surface area contributed by atoms with Crippen molar-refractivity contribution in [1.82, 2.24) is 14.9 Å². The molecular formula is C16H20N4O2. The summed E-state index contributed by atoms with van der Waals surface area (Å²) in [5.41, 5.74) is 1.67. The van der Waals surface area contributed by atoms with Crippen molar-refractivity contribution < 1.29 is 9.53 Å². The third-order valence-corrected chi connectivity index (χ3v) is 3.79. The van der Waals surface area contributed by atoms with E-state index in [1.54, 1.807) is 6.20 Å². The Morgan fingerprint density at radius 3 is 2.86 bits per heavy atom. The molecule has 22 heavy (non-hydrogen) atoms. The Morgan fingerprint density at radius 2 is 2.14 bits per heavy atom. The van der Waals surface area contributed by atoms with Crippen molar-refractivity contribution in [1.29, 1.82) is 0 Å². The SMILES string of the molecule is Cn1cccc1C(=O)NCc1cccnc1N1CCOCC1. The van der Waals surface area contributed by atoms with Crippen molar-refractivity contribution in [2.24, 2.45) is 7.05 Å². The minimum absolute atomic E-state index is 0.0794. The van der Waals surface area contributed by atoms with E-state index in [1.165, 1.54) is 0 Å². The fourth-order valence-corrected chi connectivity index (χ4v) is 2.59. The predicted molar refractivity (Wildman–Crippen MR) is 83.9 cm³/mol. The third-order valence-electron chi connectivity index (χ3n) is 3.79. The van der Waals surface area contributed by atoms with Crippen LogP contribution in [0.2, 0.25) is 0 Å². The first-order chi connectivity index (χ1) is 10.8. The van der Waals surface area contributed by atoms with Crippen molar-refractivity contribution in [2.75, 3.05) is 31.2 Å². The topological polar surface area (TPSA) is 59.4 Å². The Bertz CT molecular complexity index is 647. The minimum Gasteiger partial charge on any atom is -0.378 e. The lowest BCUT2D eigenvalue weighted by Crippen LogP contribution is -2.38. The molecule has 1 N–H and O–H groups in total. The minimum atomic E-state index is -0.0794. The smallest absolute Gasteiger partial charge is 0.268 e. The first kappa shape index (κ1) is 14.6. The van der Waals surface area contributed by atoms with E-state index in [9.17, 15) is 4.79 Å². The first-order valence-corrected chi connectivity index (χ1v) is 7.42. The van der Waals surface area contributed by atoms with Crippen molar-refractivity contribution >= 4 is 11.7 Å². The second-order valence-electron chi connectivity index (χ2n) is 5.27. The van der Waals surface area contributed by atoms with Crippen molar-refractivity contribution in [3.05, 3.63) is 47.9 Å². The van der Waals surface area contributed by atoms with Gasteiger partial charge in [0.05, 0.1) is 13.2 Å². The van der Waals surface area contributed by atoms with Crippen LogP contribution in [0.15, 0.2) is 36.7 Å². The summed E-state index contributed by atoms with van der Waals surface area (Å²) >= 11 is 0. The number of pyridine rings is 1. The van der Waals surface area contributed by atoms with E-state index in [4.69, 9.17) is 4.74 Å². The quantitative estimate of drug-likeness (QED) is 0.921. The Balaban J connectivity index is 1.70. The highest BCUT2D eigenvalue weighted by atomic mass is 16.5. The Morgan fingerprint density at radius 1 is 1.32 bits per heavy atom. The van der Waals surface area contributed by atoms with E-state index in [2.05, 4.69) is 15.2 Å². The van der Waals surface area contributed by atoms with Gasteiger partial charge in [0.1, 0.15) is 11.5 Å². The number of carbonyl (C=O) groups excluding carboxylic acids is 1. The molecule has 0 aromatic carbocycles. The van der Waals surface area contributed by atoms with Crippen molar-refractivity contribution in [2.45, 2.75) is 6.54 Å². The molecule has 2 aromatic rings. The van der Waals surface area contributed by atoms with Gasteiger partial charge in [0.25, 0.3) is 5.91 Å². The summed E-state index contributed by atoms with van der Waals surface area (Å²) in [7, 11) is 1.86. The molecule has 0 atom stereocenters. The molecule has 3 rings (SSSR count). The largest absolute Gasteiger partial charge is 0.378 e. The number of aromatic nitrogens is 2. The zero-order valence-electron chi connectivity index (χ0n) is 12.7. The molecule has 1 saturated heterocycles. The fraction of sp³-hybridized carbons (Fsp3) is 0.375. The molecule has 1 amide bonds. The molecule has 0 radical (unpaired) electrons. The zero-order chi connectivity index (χ0) is 15.4. The number of anilines is 1. The Hall–Kier alpha value is -2.34. The van der Waals surface area contributed by atoms with Crippen LogP contribution < -0.4 is 10.2 Å². The molecule has 116 valence electrons. The maximum Gasteiger partial charge on any atom is 0.268 e. The fourth-order valence-electron chi connectivity index (χ4n) is 2.59. The van der Waals surface area contributed by atoms with Crippen molar-refractivity contribution in [3.8, 4) is 0 Å². The molecule has 0 saturated carbocycles. The van der Waals surface area contributed by atoms with E-state index in [1.807, 2.05) is 42.1 Å². The van der Waals surface area contributed by atoms with Crippen LogP contribution in [-0.2, 0) is 18.3 Å². The molecule has 2 aromatic heterocycles. The number of nitrogens with zero attached hydrogens (tertiary/aromatic N) is 3. The highest BCUT2D eigenvalue weighted by Crippen LogP contribution is 2.18. The van der Waals surface area contributed by atoms with Crippen LogP contribution in [0.25, 0.3) is 0 Å². The van der Waals surface area contributed by atoms with Gasteiger partial charge in [0.15, 0.2) is 0 Å². The summed E-state index contributed by atoms with van der Waals surface area (Å²) in [6.45, 7) is 3.55. The van der Waals surface area contributed by atoms with Gasteiger partial charge in [-0.05, 0) is 18.2 Å². The van der Waals surface area contributed by atoms with E-state index in [0.717, 1.165) is 24.5 Å². The summed E-state index contributed by atoms with van der Waals surface area (Å²) in [5.74, 6) is 0.849. The lowest BCUT2D eigenvalue weighted by atomic mass is 10.2. The second-order valence-corrected chi connectivity index (χ2v) is 5.27. The van der Waals surface area contributed by atoms with Gasteiger partial charge < -0.3 is 19.5 Å². The number of nitrogens with one attached hydrogen (secondary N) is 1. The number of carbonyl (C=O) groups is 1. The monoisotopic (exact) mass is 300 g/mol. The predicted octanol–water partition coefficient (Wildman–Crippen LogP) is 1.19. The van der Waals surface area contributed by atoms with Crippen molar-refractivity contribution in [3.63, 3.8) is 0 Å². The summed E-state index contributed by atoms with van der Waals surface area (Å²) in [6, 6.07) is 7.57. The average Bonchev–Trinajstić information content (AvgIpc) is 3.00. The van der Waals surface area contributed by atoms with E-state index >= 15 is 0 Å². The van der Waals surface area contributed by atoms with Gasteiger partial charge in [-0.2, -0.15) is 0 Å². The molecule has 0 unspecified atom stereocenters.